The van der Waals surface area contributed by atoms with Gasteiger partial charge in [0.05, 0.1) is 55.5 Å². The second-order valence-electron chi connectivity index (χ2n) is 6.29. The molecule has 0 aliphatic carbocycles. The zero-order valence-corrected chi connectivity index (χ0v) is 15.3. The Morgan fingerprint density at radius 1 is 0.952 bits per heavy atom. The Morgan fingerprint density at radius 2 is 1.24 bits per heavy atom. The van der Waals surface area contributed by atoms with Gasteiger partial charge in [-0.2, -0.15) is 0 Å². The number of hydrogen-bond donors (Lipinski definition) is 3. The summed E-state index contributed by atoms with van der Waals surface area (Å²) in [5.41, 5.74) is 0. The lowest BCUT2D eigenvalue weighted by Gasteiger charge is -2.21. The maximum absolute atomic E-state index is 9.38. The molecule has 3 N–H and O–H groups in total. The van der Waals surface area contributed by atoms with Gasteiger partial charge in [-0.15, -0.1) is 0 Å². The Bertz CT molecular complexity index is 212. The fourth-order valence-corrected chi connectivity index (χ4v) is 0.744. The quantitative estimate of drug-likeness (QED) is 0.442. The highest BCUT2D eigenvalue weighted by Crippen LogP contribution is 1.85. The number of hydrogen-bond acceptors (Lipinski definition) is 4. The monoisotopic (exact) mass is 331 g/mol. The minimum atomic E-state index is -1.21. The van der Waals surface area contributed by atoms with Crippen molar-refractivity contribution in [3.63, 3.8) is 0 Å². The predicted octanol–water partition coefficient (Wildman–Crippen LogP) is -4.69. The first-order valence-electron chi connectivity index (χ1n) is 6.67. The number of nitrogens with zero attached hydrogens (tertiary/aromatic N) is 2. The van der Waals surface area contributed by atoms with Gasteiger partial charge in [0.25, 0.3) is 0 Å². The Labute approximate surface area is 135 Å². The molecule has 1 amide bonds. The second-order valence-corrected chi connectivity index (χ2v) is 6.29. The predicted molar refractivity (Wildman–Crippen MR) is 79.0 cm³/mol. The van der Waals surface area contributed by atoms with Crippen molar-refractivity contribution in [2.24, 2.45) is 0 Å². The van der Waals surface area contributed by atoms with Gasteiger partial charge in [-0.3, -0.25) is 0 Å². The van der Waals surface area contributed by atoms with E-state index in [9.17, 15) is 9.90 Å². The first-order chi connectivity index (χ1) is 8.89. The SMILES string of the molecule is CCNC(=O)[O-].C[N+](C)(C)CCO.C[N+](C)(C)CCO.[Cl-]. The fraction of sp³-hybridized carbons (Fsp3) is 0.923. The molecule has 0 spiro atoms. The van der Waals surface area contributed by atoms with E-state index in [4.69, 9.17) is 10.2 Å². The van der Waals surface area contributed by atoms with Crippen molar-refractivity contribution in [3.05, 3.63) is 0 Å². The highest BCUT2D eigenvalue weighted by molar-refractivity contribution is 5.61. The number of likely N-dealkylation sites (N-methyl/N-ethyl adjacent to an activating group) is 2. The minimum absolute atomic E-state index is 0. The van der Waals surface area contributed by atoms with Gasteiger partial charge in [-0.1, -0.05) is 0 Å². The van der Waals surface area contributed by atoms with E-state index in [1.165, 1.54) is 0 Å². The molecule has 0 aliphatic heterocycles. The van der Waals surface area contributed by atoms with E-state index in [2.05, 4.69) is 42.3 Å². The number of carboxylic acid groups (broad SMARTS) is 1. The molecule has 0 aromatic rings. The van der Waals surface area contributed by atoms with Crippen molar-refractivity contribution in [1.82, 2.24) is 5.32 Å². The van der Waals surface area contributed by atoms with E-state index in [-0.39, 0.29) is 25.6 Å². The molecule has 0 unspecified atom stereocenters. The zero-order chi connectivity index (χ0) is 16.8. The molecule has 0 aliphatic rings. The summed E-state index contributed by atoms with van der Waals surface area (Å²) in [5, 5.41) is 28.2. The molecule has 21 heavy (non-hydrogen) atoms. The van der Waals surface area contributed by atoms with Crippen molar-refractivity contribution in [2.45, 2.75) is 6.92 Å². The highest BCUT2D eigenvalue weighted by Gasteiger charge is 2.02. The molecular weight excluding hydrogens is 298 g/mol. The van der Waals surface area contributed by atoms with Crippen LogP contribution in [0.3, 0.4) is 0 Å². The largest absolute Gasteiger partial charge is 1.00 e. The third-order valence-electron chi connectivity index (χ3n) is 1.86. The first kappa shape index (κ1) is 28.5. The van der Waals surface area contributed by atoms with Crippen LogP contribution in [0.1, 0.15) is 6.92 Å². The third kappa shape index (κ3) is 54.3. The number of halogens is 1. The number of aliphatic hydroxyl groups is 2. The Hall–Kier alpha value is -0.600. The van der Waals surface area contributed by atoms with Crippen molar-refractivity contribution in [2.75, 3.05) is 75.1 Å². The van der Waals surface area contributed by atoms with Crippen LogP contribution >= 0.6 is 0 Å². The van der Waals surface area contributed by atoms with Crippen LogP contribution in [0, 0.1) is 0 Å². The summed E-state index contributed by atoms with van der Waals surface area (Å²) in [4.78, 5) is 9.38. The number of nitrogens with one attached hydrogen (secondary N) is 1. The van der Waals surface area contributed by atoms with Crippen molar-refractivity contribution in [1.29, 1.82) is 0 Å². The van der Waals surface area contributed by atoms with Crippen molar-refractivity contribution >= 4 is 6.09 Å². The maximum Gasteiger partial charge on any atom is 0.134 e. The molecule has 0 saturated heterocycles. The van der Waals surface area contributed by atoms with Crippen LogP contribution in [-0.4, -0.2) is 100 Å². The number of carbonyl (C=O) groups excluding carboxylic acids is 1. The van der Waals surface area contributed by atoms with Crippen LogP contribution in [0.2, 0.25) is 0 Å². The molecule has 0 rings (SSSR count). The van der Waals surface area contributed by atoms with E-state index in [0.29, 0.717) is 6.54 Å². The number of rotatable bonds is 5. The molecule has 0 aromatic heterocycles. The smallest absolute Gasteiger partial charge is 0.134 e. The molecule has 8 heteroatoms. The molecule has 0 aromatic carbocycles. The highest BCUT2D eigenvalue weighted by atomic mass is 35.5. The van der Waals surface area contributed by atoms with E-state index >= 15 is 0 Å². The van der Waals surface area contributed by atoms with Crippen molar-refractivity contribution < 1.29 is 41.5 Å². The van der Waals surface area contributed by atoms with Gasteiger partial charge in [-0.05, 0) is 6.92 Å². The van der Waals surface area contributed by atoms with E-state index in [0.717, 1.165) is 22.1 Å². The maximum atomic E-state index is 9.38. The first-order valence-corrected chi connectivity index (χ1v) is 6.67. The summed E-state index contributed by atoms with van der Waals surface area (Å²) in [6.45, 7) is 4.34. The lowest BCUT2D eigenvalue weighted by molar-refractivity contribution is -0.870. The Kier molecular flexibility index (Phi) is 21.5. The lowest BCUT2D eigenvalue weighted by Crippen LogP contribution is -3.00. The van der Waals surface area contributed by atoms with E-state index < -0.39 is 6.09 Å². The average molecular weight is 332 g/mol. The average Bonchev–Trinajstić information content (AvgIpc) is 2.14. The minimum Gasteiger partial charge on any atom is -1.00 e. The number of amides is 1. The Morgan fingerprint density at radius 3 is 1.24 bits per heavy atom. The zero-order valence-electron chi connectivity index (χ0n) is 14.5. The third-order valence-corrected chi connectivity index (χ3v) is 1.86. The van der Waals surface area contributed by atoms with Crippen LogP contribution in [0.5, 0.6) is 0 Å². The molecule has 0 radical (unpaired) electrons. The number of quaternary nitrogens is 2. The summed E-state index contributed by atoms with van der Waals surface area (Å²) < 4.78 is 1.69. The van der Waals surface area contributed by atoms with Crippen LogP contribution in [0.4, 0.5) is 4.79 Å². The van der Waals surface area contributed by atoms with E-state index in [1.807, 2.05) is 5.32 Å². The van der Waals surface area contributed by atoms with Gasteiger partial charge in [0.15, 0.2) is 0 Å². The topological polar surface area (TPSA) is 92.6 Å². The van der Waals surface area contributed by atoms with Gasteiger partial charge < -0.3 is 46.8 Å². The van der Waals surface area contributed by atoms with Crippen LogP contribution < -0.4 is 22.8 Å². The molecule has 0 atom stereocenters. The summed E-state index contributed by atoms with van der Waals surface area (Å²) >= 11 is 0. The molecular formula is C13H34ClN3O4. The molecule has 132 valence electrons. The normalized spacial score (nSPS) is 10.1. The fourth-order valence-electron chi connectivity index (χ4n) is 0.744. The Balaban J connectivity index is -0.000000101. The summed E-state index contributed by atoms with van der Waals surface area (Å²) in [7, 11) is 12.3. The van der Waals surface area contributed by atoms with Gasteiger partial charge in [0.1, 0.15) is 19.2 Å². The molecule has 0 heterocycles. The summed E-state index contributed by atoms with van der Waals surface area (Å²) in [5.74, 6) is 0. The van der Waals surface area contributed by atoms with Gasteiger partial charge in [0, 0.05) is 6.54 Å². The second kappa shape index (κ2) is 15.8. The summed E-state index contributed by atoms with van der Waals surface area (Å²) in [6.07, 6.45) is -1.21. The number of carbonyl (C=O) groups is 1. The van der Waals surface area contributed by atoms with Gasteiger partial charge in [0.2, 0.25) is 0 Å². The van der Waals surface area contributed by atoms with Crippen LogP contribution in [-0.2, 0) is 0 Å². The van der Waals surface area contributed by atoms with Gasteiger partial charge in [-0.25, -0.2) is 0 Å². The standard InChI is InChI=1S/2C5H14NO.C3H7NO2.ClH/c2*1-6(2,3)4-5-7;1-2-4-3(5)6;/h2*7H,4-5H2,1-3H3;4H,2H2,1H3,(H,5,6);1H/q2*+1;;/p-2. The van der Waals surface area contributed by atoms with Gasteiger partial charge >= 0.3 is 0 Å². The van der Waals surface area contributed by atoms with Crippen LogP contribution in [0.15, 0.2) is 0 Å². The van der Waals surface area contributed by atoms with Crippen molar-refractivity contribution in [3.8, 4) is 0 Å². The van der Waals surface area contributed by atoms with Crippen LogP contribution in [0.25, 0.3) is 0 Å². The van der Waals surface area contributed by atoms with E-state index in [1.54, 1.807) is 6.92 Å². The molecule has 0 bridgehead atoms. The lowest BCUT2D eigenvalue weighted by atomic mass is 10.5. The number of aliphatic hydroxyl groups excluding tert-OH is 2. The summed E-state index contributed by atoms with van der Waals surface area (Å²) in [6, 6.07) is 0. The molecule has 0 saturated carbocycles. The molecule has 7 nitrogen and oxygen atoms in total. The molecule has 0 fully saturated rings.